The molecule has 1 saturated carbocycles. The zero-order valence-corrected chi connectivity index (χ0v) is 10.1. The highest BCUT2D eigenvalue weighted by Crippen LogP contribution is 2.24. The predicted octanol–water partition coefficient (Wildman–Crippen LogP) is 1.01. The van der Waals surface area contributed by atoms with E-state index in [1.165, 1.54) is 6.07 Å². The van der Waals surface area contributed by atoms with Crippen LogP contribution in [-0.2, 0) is 6.54 Å². The van der Waals surface area contributed by atoms with Gasteiger partial charge in [0.05, 0.1) is 6.54 Å². The van der Waals surface area contributed by atoms with Crippen molar-refractivity contribution in [1.29, 1.82) is 0 Å². The van der Waals surface area contributed by atoms with Gasteiger partial charge in [0.2, 0.25) is 0 Å². The van der Waals surface area contributed by atoms with Crippen molar-refractivity contribution in [2.75, 3.05) is 6.61 Å². The molecule has 0 spiro atoms. The van der Waals surface area contributed by atoms with Crippen molar-refractivity contribution < 1.29 is 19.5 Å². The van der Waals surface area contributed by atoms with Crippen LogP contribution >= 0.6 is 0 Å². The second kappa shape index (κ2) is 5.97. The largest absolute Gasteiger partial charge is 0.476 e. The third-order valence-electron chi connectivity index (χ3n) is 3.46. The third kappa shape index (κ3) is 3.08. The number of aromatic nitrogens is 1. The Morgan fingerprint density at radius 1 is 1.50 bits per heavy atom. The van der Waals surface area contributed by atoms with Gasteiger partial charge in [-0.05, 0) is 18.8 Å². The summed E-state index contributed by atoms with van der Waals surface area (Å²) in [5, 5.41) is 24.8. The Kier molecular flexibility index (Phi) is 4.33. The summed E-state index contributed by atoms with van der Waals surface area (Å²) >= 11 is 0. The van der Waals surface area contributed by atoms with Crippen molar-refractivity contribution in [2.45, 2.75) is 38.3 Å². The number of carboxylic acid groups (broad SMARTS) is 1. The minimum Gasteiger partial charge on any atom is -0.476 e. The van der Waals surface area contributed by atoms with Crippen LogP contribution < -0.4 is 5.32 Å². The van der Waals surface area contributed by atoms with Gasteiger partial charge in [-0.3, -0.25) is 0 Å². The molecule has 1 aliphatic carbocycles. The fourth-order valence-corrected chi connectivity index (χ4v) is 2.42. The number of carboxylic acids is 1. The Morgan fingerprint density at radius 2 is 2.28 bits per heavy atom. The highest BCUT2D eigenvalue weighted by molar-refractivity contribution is 5.85. The molecule has 100 valence electrons. The molecule has 6 heteroatoms. The molecule has 2 rings (SSSR count). The number of nitrogens with one attached hydrogen (secondary N) is 1. The van der Waals surface area contributed by atoms with Crippen molar-refractivity contribution in [3.8, 4) is 0 Å². The van der Waals surface area contributed by atoms with Gasteiger partial charge in [-0.25, -0.2) is 4.79 Å². The molecule has 2 atom stereocenters. The van der Waals surface area contributed by atoms with Crippen molar-refractivity contribution >= 4 is 5.97 Å². The van der Waals surface area contributed by atoms with E-state index < -0.39 is 5.97 Å². The first kappa shape index (κ1) is 13.0. The fraction of sp³-hybridized carbons (Fsp3) is 0.667. The quantitative estimate of drug-likeness (QED) is 0.726. The third-order valence-corrected chi connectivity index (χ3v) is 3.46. The van der Waals surface area contributed by atoms with Gasteiger partial charge in [0.25, 0.3) is 0 Å². The van der Waals surface area contributed by atoms with Crippen LogP contribution in [0.15, 0.2) is 10.6 Å². The SMILES string of the molecule is O=C(O)c1cc(CNC2CCCCC2CO)on1. The zero-order valence-electron chi connectivity index (χ0n) is 10.1. The lowest BCUT2D eigenvalue weighted by atomic mass is 9.85. The molecule has 0 radical (unpaired) electrons. The number of rotatable bonds is 5. The van der Waals surface area contributed by atoms with Gasteiger partial charge < -0.3 is 20.1 Å². The maximum absolute atomic E-state index is 10.6. The lowest BCUT2D eigenvalue weighted by molar-refractivity contribution is 0.0685. The van der Waals surface area contributed by atoms with Gasteiger partial charge in [-0.2, -0.15) is 0 Å². The van der Waals surface area contributed by atoms with Crippen LogP contribution in [0.5, 0.6) is 0 Å². The summed E-state index contributed by atoms with van der Waals surface area (Å²) in [5.74, 6) is -0.300. The molecule has 0 aliphatic heterocycles. The molecular formula is C12H18N2O4. The number of aromatic carboxylic acids is 1. The summed E-state index contributed by atoms with van der Waals surface area (Å²) in [6.45, 7) is 0.635. The normalized spacial score (nSPS) is 24.1. The van der Waals surface area contributed by atoms with Gasteiger partial charge >= 0.3 is 5.97 Å². The Morgan fingerprint density at radius 3 is 2.94 bits per heavy atom. The summed E-state index contributed by atoms with van der Waals surface area (Å²) in [6.07, 6.45) is 4.38. The highest BCUT2D eigenvalue weighted by atomic mass is 16.5. The maximum atomic E-state index is 10.6. The van der Waals surface area contributed by atoms with E-state index in [4.69, 9.17) is 9.63 Å². The van der Waals surface area contributed by atoms with E-state index in [0.29, 0.717) is 12.3 Å². The van der Waals surface area contributed by atoms with E-state index >= 15 is 0 Å². The van der Waals surface area contributed by atoms with E-state index in [9.17, 15) is 9.90 Å². The van der Waals surface area contributed by atoms with Crippen LogP contribution in [0.3, 0.4) is 0 Å². The number of nitrogens with zero attached hydrogens (tertiary/aromatic N) is 1. The fourth-order valence-electron chi connectivity index (χ4n) is 2.42. The minimum absolute atomic E-state index is 0.0749. The first-order chi connectivity index (χ1) is 8.70. The van der Waals surface area contributed by atoms with Crippen molar-refractivity contribution in [3.05, 3.63) is 17.5 Å². The summed E-state index contributed by atoms with van der Waals surface area (Å²) in [7, 11) is 0. The smallest absolute Gasteiger partial charge is 0.358 e. The van der Waals surface area contributed by atoms with E-state index in [1.54, 1.807) is 0 Å². The summed E-state index contributed by atoms with van der Waals surface area (Å²) < 4.78 is 4.93. The van der Waals surface area contributed by atoms with Gasteiger partial charge in [-0.15, -0.1) is 0 Å². The number of aliphatic hydroxyl groups is 1. The molecule has 0 aromatic carbocycles. The summed E-state index contributed by atoms with van der Waals surface area (Å²) in [4.78, 5) is 10.6. The molecule has 18 heavy (non-hydrogen) atoms. The van der Waals surface area contributed by atoms with Crippen LogP contribution in [0, 0.1) is 5.92 Å². The summed E-state index contributed by atoms with van der Waals surface area (Å²) in [5.41, 5.74) is -0.0749. The predicted molar refractivity (Wildman–Crippen MR) is 63.1 cm³/mol. The minimum atomic E-state index is -1.09. The average molecular weight is 254 g/mol. The van der Waals surface area contributed by atoms with E-state index in [0.717, 1.165) is 25.7 Å². The van der Waals surface area contributed by atoms with Gasteiger partial charge in [0.15, 0.2) is 11.5 Å². The van der Waals surface area contributed by atoms with Crippen LogP contribution in [0.25, 0.3) is 0 Å². The maximum Gasteiger partial charge on any atom is 0.358 e. The molecule has 0 bridgehead atoms. The molecule has 0 saturated heterocycles. The van der Waals surface area contributed by atoms with Crippen LogP contribution in [-0.4, -0.2) is 34.0 Å². The molecule has 1 aromatic heterocycles. The average Bonchev–Trinajstić information content (AvgIpc) is 2.85. The van der Waals surface area contributed by atoms with Crippen molar-refractivity contribution in [3.63, 3.8) is 0 Å². The first-order valence-corrected chi connectivity index (χ1v) is 6.24. The molecule has 3 N–H and O–H groups in total. The Hall–Kier alpha value is -1.40. The first-order valence-electron chi connectivity index (χ1n) is 6.24. The Balaban J connectivity index is 1.87. The molecule has 6 nitrogen and oxygen atoms in total. The van der Waals surface area contributed by atoms with E-state index in [2.05, 4.69) is 10.5 Å². The highest BCUT2D eigenvalue weighted by Gasteiger charge is 2.24. The molecule has 1 fully saturated rings. The molecule has 2 unspecified atom stereocenters. The summed E-state index contributed by atoms with van der Waals surface area (Å²) in [6, 6.07) is 1.69. The van der Waals surface area contributed by atoms with E-state index in [-0.39, 0.29) is 24.3 Å². The number of aliphatic hydroxyl groups excluding tert-OH is 1. The van der Waals surface area contributed by atoms with Crippen LogP contribution in [0.2, 0.25) is 0 Å². The Bertz CT molecular complexity index is 405. The molecule has 1 aromatic rings. The number of hydrogen-bond acceptors (Lipinski definition) is 5. The molecule has 1 aliphatic rings. The number of carbonyl (C=O) groups is 1. The standard InChI is InChI=1S/C12H18N2O4/c15-7-8-3-1-2-4-10(8)13-6-9-5-11(12(16)17)14-18-9/h5,8,10,13,15H,1-4,6-7H2,(H,16,17). The van der Waals surface area contributed by atoms with Crippen molar-refractivity contribution in [1.82, 2.24) is 10.5 Å². The lowest BCUT2D eigenvalue weighted by Crippen LogP contribution is -2.39. The van der Waals surface area contributed by atoms with Crippen LogP contribution in [0.1, 0.15) is 41.9 Å². The van der Waals surface area contributed by atoms with Gasteiger partial charge in [-0.1, -0.05) is 18.0 Å². The van der Waals surface area contributed by atoms with Crippen molar-refractivity contribution in [2.24, 2.45) is 5.92 Å². The second-order valence-corrected chi connectivity index (χ2v) is 4.70. The Labute approximate surface area is 105 Å². The molecule has 0 amide bonds. The topological polar surface area (TPSA) is 95.6 Å². The second-order valence-electron chi connectivity index (χ2n) is 4.70. The molecule has 1 heterocycles. The lowest BCUT2D eigenvalue weighted by Gasteiger charge is -2.30. The zero-order chi connectivity index (χ0) is 13.0. The monoisotopic (exact) mass is 254 g/mol. The van der Waals surface area contributed by atoms with E-state index in [1.807, 2.05) is 0 Å². The van der Waals surface area contributed by atoms with Gasteiger partial charge in [0, 0.05) is 18.7 Å². The number of hydrogen-bond donors (Lipinski definition) is 3. The van der Waals surface area contributed by atoms with Crippen LogP contribution in [0.4, 0.5) is 0 Å². The molecular weight excluding hydrogens is 236 g/mol. The van der Waals surface area contributed by atoms with Gasteiger partial charge in [0.1, 0.15) is 0 Å².